The summed E-state index contributed by atoms with van der Waals surface area (Å²) in [5.74, 6) is 1.03. The Hall–Kier alpha value is -1.87. The van der Waals surface area contributed by atoms with Gasteiger partial charge in [0.2, 0.25) is 11.7 Å². The van der Waals surface area contributed by atoms with Crippen LogP contribution in [0, 0.1) is 28.9 Å². The quantitative estimate of drug-likeness (QED) is 0.483. The summed E-state index contributed by atoms with van der Waals surface area (Å²) in [5, 5.41) is 21.8. The van der Waals surface area contributed by atoms with Gasteiger partial charge >= 0.3 is 5.69 Å². The van der Waals surface area contributed by atoms with Crippen LogP contribution >= 0.6 is 12.4 Å². The number of nitrogens with one attached hydrogen (secondary N) is 2. The van der Waals surface area contributed by atoms with Crippen LogP contribution in [0.25, 0.3) is 0 Å². The highest BCUT2D eigenvalue weighted by atomic mass is 35.5. The fourth-order valence-corrected chi connectivity index (χ4v) is 4.84. The summed E-state index contributed by atoms with van der Waals surface area (Å²) in [4.78, 5) is 23.9. The molecule has 10 heteroatoms. The number of carbonyl (C=O) groups excluding carboxylic acids is 1. The summed E-state index contributed by atoms with van der Waals surface area (Å²) in [6, 6.07) is -0.159. The number of hydrogen-bond donors (Lipinski definition) is 3. The van der Waals surface area contributed by atoms with Gasteiger partial charge in [0.1, 0.15) is 11.7 Å². The maximum Gasteiger partial charge on any atom is 0.333 e. The zero-order valence-electron chi connectivity index (χ0n) is 16.7. The Morgan fingerprint density at radius 3 is 2.54 bits per heavy atom. The Bertz CT molecular complexity index is 710. The first-order chi connectivity index (χ1) is 12.8. The van der Waals surface area contributed by atoms with Gasteiger partial charge in [-0.15, -0.1) is 12.4 Å². The van der Waals surface area contributed by atoms with E-state index in [1.807, 2.05) is 6.92 Å². The van der Waals surface area contributed by atoms with Crippen molar-refractivity contribution in [3.63, 3.8) is 0 Å². The Morgan fingerprint density at radius 2 is 2.00 bits per heavy atom. The zero-order chi connectivity index (χ0) is 19.7. The minimum atomic E-state index is -0.546. The summed E-state index contributed by atoms with van der Waals surface area (Å²) in [6.07, 6.45) is 5.84. The van der Waals surface area contributed by atoms with Crippen molar-refractivity contribution in [1.29, 1.82) is 0 Å². The van der Waals surface area contributed by atoms with Gasteiger partial charge in [-0.3, -0.25) is 14.9 Å². The van der Waals surface area contributed by atoms with Gasteiger partial charge in [0.25, 0.3) is 0 Å². The summed E-state index contributed by atoms with van der Waals surface area (Å²) < 4.78 is 1.43. The number of amides is 1. The van der Waals surface area contributed by atoms with Gasteiger partial charge in [-0.1, -0.05) is 13.3 Å². The van der Waals surface area contributed by atoms with E-state index < -0.39 is 11.0 Å². The number of aromatic nitrogens is 2. The lowest BCUT2D eigenvalue weighted by atomic mass is 9.67. The monoisotopic (exact) mass is 414 g/mol. The van der Waals surface area contributed by atoms with Crippen LogP contribution in [0.2, 0.25) is 0 Å². The molecular weight excluding hydrogens is 384 g/mol. The van der Waals surface area contributed by atoms with Crippen molar-refractivity contribution < 1.29 is 9.72 Å². The van der Waals surface area contributed by atoms with Crippen molar-refractivity contribution in [1.82, 2.24) is 15.1 Å². The van der Waals surface area contributed by atoms with E-state index in [-0.39, 0.29) is 41.9 Å². The fourth-order valence-electron chi connectivity index (χ4n) is 4.84. The average molecular weight is 415 g/mol. The van der Waals surface area contributed by atoms with Crippen LogP contribution in [0.15, 0.2) is 0 Å². The van der Waals surface area contributed by atoms with E-state index in [9.17, 15) is 14.9 Å². The third-order valence-corrected chi connectivity index (χ3v) is 6.09. The van der Waals surface area contributed by atoms with Crippen molar-refractivity contribution in [2.75, 3.05) is 5.32 Å². The summed E-state index contributed by atoms with van der Waals surface area (Å²) >= 11 is 0. The predicted octanol–water partition coefficient (Wildman–Crippen LogP) is 2.27. The minimum absolute atomic E-state index is 0. The highest BCUT2D eigenvalue weighted by Crippen LogP contribution is 2.39. The normalized spacial score (nSPS) is 27.4. The Morgan fingerprint density at radius 1 is 1.39 bits per heavy atom. The number of nitro groups is 1. The molecule has 0 aliphatic heterocycles. The number of aryl methyl sites for hydroxylation is 2. The number of nitrogens with two attached hydrogens (primary N) is 1. The van der Waals surface area contributed by atoms with E-state index in [0.29, 0.717) is 24.0 Å². The first-order valence-electron chi connectivity index (χ1n) is 9.82. The van der Waals surface area contributed by atoms with Crippen molar-refractivity contribution in [3.05, 3.63) is 15.8 Å². The topological polar surface area (TPSA) is 128 Å². The number of nitrogens with zero attached hydrogens (tertiary/aromatic N) is 3. The average Bonchev–Trinajstić information content (AvgIpc) is 2.86. The smallest absolute Gasteiger partial charge is 0.333 e. The first-order valence-corrected chi connectivity index (χ1v) is 9.82. The van der Waals surface area contributed by atoms with E-state index >= 15 is 0 Å². The molecule has 0 spiro atoms. The molecule has 2 aliphatic carbocycles. The highest BCUT2D eigenvalue weighted by molar-refractivity contribution is 5.85. The molecule has 2 bridgehead atoms. The standard InChI is InChI=1S/C18H30N6O3.ClH/c1-4-14(20-17-16(24(26)27)10(2)22-23(17)3)18(25)21-15-11-6-5-7-12(15)9-13(19)8-11;/h11-15,20H,4-9,19H2,1-3H3,(H,21,25);1H. The molecule has 158 valence electrons. The van der Waals surface area contributed by atoms with Crippen LogP contribution in [0.4, 0.5) is 11.5 Å². The lowest BCUT2D eigenvalue weighted by molar-refractivity contribution is -0.384. The maximum atomic E-state index is 13.0. The third kappa shape index (κ3) is 4.41. The molecule has 1 heterocycles. The molecule has 1 aromatic heterocycles. The Labute approximate surface area is 171 Å². The van der Waals surface area contributed by atoms with Crippen molar-refractivity contribution in [2.45, 2.75) is 70.5 Å². The van der Waals surface area contributed by atoms with Crippen LogP contribution in [0.3, 0.4) is 0 Å². The fraction of sp³-hybridized carbons (Fsp3) is 0.778. The molecule has 2 saturated carbocycles. The van der Waals surface area contributed by atoms with Crippen molar-refractivity contribution in [2.24, 2.45) is 24.6 Å². The maximum absolute atomic E-state index is 13.0. The summed E-state index contributed by atoms with van der Waals surface area (Å²) in [7, 11) is 1.64. The van der Waals surface area contributed by atoms with Crippen LogP contribution in [0.5, 0.6) is 0 Å². The molecule has 9 nitrogen and oxygen atoms in total. The van der Waals surface area contributed by atoms with Crippen LogP contribution in [0.1, 0.15) is 51.1 Å². The molecule has 2 fully saturated rings. The molecular formula is C18H31ClN6O3. The number of carbonyl (C=O) groups is 1. The molecule has 0 radical (unpaired) electrons. The van der Waals surface area contributed by atoms with E-state index in [1.54, 1.807) is 14.0 Å². The number of rotatable bonds is 6. The van der Waals surface area contributed by atoms with Crippen LogP contribution in [-0.4, -0.2) is 38.7 Å². The lowest BCUT2D eigenvalue weighted by Gasteiger charge is -2.45. The lowest BCUT2D eigenvalue weighted by Crippen LogP contribution is -2.56. The SMILES string of the molecule is CCC(Nc1c([N+](=O)[O-])c(C)nn1C)C(=O)NC1C2CCCC1CC(N)C2.Cl. The van der Waals surface area contributed by atoms with Crippen LogP contribution in [-0.2, 0) is 11.8 Å². The second-order valence-corrected chi connectivity index (χ2v) is 7.99. The van der Waals surface area contributed by atoms with Crippen molar-refractivity contribution in [3.8, 4) is 0 Å². The Kier molecular flexibility index (Phi) is 7.28. The number of hydrogen-bond acceptors (Lipinski definition) is 6. The molecule has 2 aliphatic rings. The summed E-state index contributed by atoms with van der Waals surface area (Å²) in [5.41, 5.74) is 6.42. The van der Waals surface area contributed by atoms with E-state index in [0.717, 1.165) is 25.7 Å². The van der Waals surface area contributed by atoms with Gasteiger partial charge < -0.3 is 16.4 Å². The molecule has 1 aromatic rings. The molecule has 4 N–H and O–H groups in total. The molecule has 0 aromatic carbocycles. The number of fused-ring (bicyclic) bond motifs is 2. The minimum Gasteiger partial charge on any atom is -0.353 e. The van der Waals surface area contributed by atoms with E-state index in [1.165, 1.54) is 11.1 Å². The molecule has 28 heavy (non-hydrogen) atoms. The van der Waals surface area contributed by atoms with Gasteiger partial charge in [0.15, 0.2) is 0 Å². The zero-order valence-corrected chi connectivity index (χ0v) is 17.5. The van der Waals surface area contributed by atoms with Gasteiger partial charge in [-0.05, 0) is 50.9 Å². The van der Waals surface area contributed by atoms with Gasteiger partial charge in [-0.2, -0.15) is 5.10 Å². The largest absolute Gasteiger partial charge is 0.353 e. The third-order valence-electron chi connectivity index (χ3n) is 6.09. The van der Waals surface area contributed by atoms with Crippen LogP contribution < -0.4 is 16.4 Å². The van der Waals surface area contributed by atoms with Gasteiger partial charge in [0.05, 0.1) is 4.92 Å². The second kappa shape index (κ2) is 9.09. The van der Waals surface area contributed by atoms with Gasteiger partial charge in [0, 0.05) is 19.1 Å². The molecule has 0 saturated heterocycles. The second-order valence-electron chi connectivity index (χ2n) is 7.99. The number of anilines is 1. The van der Waals surface area contributed by atoms with E-state index in [2.05, 4.69) is 15.7 Å². The van der Waals surface area contributed by atoms with E-state index in [4.69, 9.17) is 5.73 Å². The van der Waals surface area contributed by atoms with Crippen molar-refractivity contribution >= 4 is 29.8 Å². The van der Waals surface area contributed by atoms with Gasteiger partial charge in [-0.25, -0.2) is 4.68 Å². The first kappa shape index (κ1) is 22.4. The molecule has 1 amide bonds. The molecule has 3 rings (SSSR count). The molecule has 3 atom stereocenters. The molecule has 3 unspecified atom stereocenters. The summed E-state index contributed by atoms with van der Waals surface area (Å²) in [6.45, 7) is 3.49. The Balaban J connectivity index is 0.00000280. The number of halogens is 1. The highest BCUT2D eigenvalue weighted by Gasteiger charge is 2.40. The predicted molar refractivity (Wildman–Crippen MR) is 110 cm³/mol.